The first-order valence-electron chi connectivity index (χ1n) is 10.8. The highest BCUT2D eigenvalue weighted by molar-refractivity contribution is 6.01. The van der Waals surface area contributed by atoms with Crippen LogP contribution in [0.1, 0.15) is 28.8 Å². The van der Waals surface area contributed by atoms with Crippen molar-refractivity contribution in [1.82, 2.24) is 9.47 Å². The summed E-state index contributed by atoms with van der Waals surface area (Å²) in [4.78, 5) is 27.9. The van der Waals surface area contributed by atoms with Gasteiger partial charge in [-0.15, -0.1) is 0 Å². The summed E-state index contributed by atoms with van der Waals surface area (Å²) in [5.41, 5.74) is 2.80. The number of aryl methyl sites for hydroxylation is 1. The van der Waals surface area contributed by atoms with Crippen molar-refractivity contribution in [1.29, 1.82) is 0 Å². The number of piperidine rings is 1. The second-order valence-corrected chi connectivity index (χ2v) is 8.53. The number of fused-ring (bicyclic) bond motifs is 3. The predicted molar refractivity (Wildman–Crippen MR) is 117 cm³/mol. The molecule has 1 aromatic heterocycles. The normalized spacial score (nSPS) is 23.0. The second-order valence-electron chi connectivity index (χ2n) is 8.53. The second kappa shape index (κ2) is 8.19. The van der Waals surface area contributed by atoms with Gasteiger partial charge in [-0.05, 0) is 42.7 Å². The van der Waals surface area contributed by atoms with Crippen molar-refractivity contribution in [3.8, 4) is 0 Å². The standard InChI is InChI=1S/C25H26N2O4/c1-26-10-9-18-11-19(7-8-23(18)26)24(28)20-12-21-15-30-16-22(13-20)27(21)25(29)31-14-17-5-3-2-4-6-17/h2-11,20-22H,12-16H2,1H3. The minimum Gasteiger partial charge on any atom is -0.445 e. The SMILES string of the molecule is Cn1ccc2cc(C(=O)C3CC4COCC(C3)N4C(=O)OCc3ccccc3)ccc21. The molecule has 2 bridgehead atoms. The molecule has 6 nitrogen and oxygen atoms in total. The van der Waals surface area contributed by atoms with Crippen LogP contribution in [0, 0.1) is 5.92 Å². The van der Waals surface area contributed by atoms with Crippen molar-refractivity contribution >= 4 is 22.8 Å². The van der Waals surface area contributed by atoms with Crippen LogP contribution in [0.2, 0.25) is 0 Å². The van der Waals surface area contributed by atoms with Gasteiger partial charge in [-0.25, -0.2) is 4.79 Å². The first-order chi connectivity index (χ1) is 15.1. The molecule has 0 saturated carbocycles. The zero-order valence-electron chi connectivity index (χ0n) is 17.6. The van der Waals surface area contributed by atoms with Crippen molar-refractivity contribution in [3.63, 3.8) is 0 Å². The van der Waals surface area contributed by atoms with E-state index in [0.717, 1.165) is 22.0 Å². The van der Waals surface area contributed by atoms with Gasteiger partial charge in [-0.3, -0.25) is 9.69 Å². The summed E-state index contributed by atoms with van der Waals surface area (Å²) in [6.07, 6.45) is 2.88. The lowest BCUT2D eigenvalue weighted by Gasteiger charge is -2.47. The molecule has 3 heterocycles. The largest absolute Gasteiger partial charge is 0.445 e. The van der Waals surface area contributed by atoms with Gasteiger partial charge < -0.3 is 14.0 Å². The minimum absolute atomic E-state index is 0.113. The lowest BCUT2D eigenvalue weighted by molar-refractivity contribution is -0.0755. The van der Waals surface area contributed by atoms with Gasteiger partial charge in [-0.1, -0.05) is 30.3 Å². The molecule has 0 radical (unpaired) electrons. The number of carbonyl (C=O) groups excluding carboxylic acids is 2. The summed E-state index contributed by atoms with van der Waals surface area (Å²) in [5.74, 6) is 0.0400. The third kappa shape index (κ3) is 3.83. The zero-order valence-corrected chi connectivity index (χ0v) is 17.6. The maximum Gasteiger partial charge on any atom is 0.410 e. The minimum atomic E-state index is -0.321. The van der Waals surface area contributed by atoms with Gasteiger partial charge in [0.1, 0.15) is 6.61 Å². The van der Waals surface area contributed by atoms with Crippen LogP contribution in [-0.2, 0) is 23.1 Å². The highest BCUT2D eigenvalue weighted by atomic mass is 16.6. The number of morpholine rings is 1. The van der Waals surface area contributed by atoms with Gasteiger partial charge in [0, 0.05) is 35.6 Å². The van der Waals surface area contributed by atoms with E-state index in [4.69, 9.17) is 9.47 Å². The summed E-state index contributed by atoms with van der Waals surface area (Å²) >= 11 is 0. The quantitative estimate of drug-likeness (QED) is 0.597. The molecule has 160 valence electrons. The molecule has 0 N–H and O–H groups in total. The van der Waals surface area contributed by atoms with Crippen molar-refractivity contribution in [2.45, 2.75) is 31.5 Å². The number of ether oxygens (including phenoxy) is 2. The number of hydrogen-bond donors (Lipinski definition) is 0. The average molecular weight is 418 g/mol. The number of hydrogen-bond acceptors (Lipinski definition) is 4. The Bertz CT molecular complexity index is 1090. The van der Waals surface area contributed by atoms with Crippen LogP contribution in [-0.4, -0.2) is 46.6 Å². The van der Waals surface area contributed by atoms with Gasteiger partial charge in [0.15, 0.2) is 5.78 Å². The van der Waals surface area contributed by atoms with Crippen molar-refractivity contribution in [2.75, 3.05) is 13.2 Å². The zero-order chi connectivity index (χ0) is 21.4. The van der Waals surface area contributed by atoms with E-state index in [1.807, 2.05) is 72.4 Å². The number of rotatable bonds is 4. The molecular formula is C25H26N2O4. The molecule has 2 aliphatic rings. The van der Waals surface area contributed by atoms with E-state index < -0.39 is 0 Å². The lowest BCUT2D eigenvalue weighted by Crippen LogP contribution is -2.59. The number of aromatic nitrogens is 1. The summed E-state index contributed by atoms with van der Waals surface area (Å²) in [7, 11) is 2.00. The van der Waals surface area contributed by atoms with Crippen molar-refractivity contribution in [3.05, 3.63) is 71.9 Å². The van der Waals surface area contributed by atoms with Crippen LogP contribution in [0.3, 0.4) is 0 Å². The van der Waals surface area contributed by atoms with Crippen LogP contribution in [0.25, 0.3) is 10.9 Å². The lowest BCUT2D eigenvalue weighted by atomic mass is 9.80. The Balaban J connectivity index is 1.28. The van der Waals surface area contributed by atoms with Gasteiger partial charge in [-0.2, -0.15) is 0 Å². The van der Waals surface area contributed by atoms with Gasteiger partial charge in [0.05, 0.1) is 25.3 Å². The molecule has 0 aliphatic carbocycles. The van der Waals surface area contributed by atoms with E-state index in [1.165, 1.54) is 0 Å². The first-order valence-corrected chi connectivity index (χ1v) is 10.8. The summed E-state index contributed by atoms with van der Waals surface area (Å²) in [5, 5.41) is 1.07. The number of carbonyl (C=O) groups is 2. The van der Waals surface area contributed by atoms with Gasteiger partial charge >= 0.3 is 6.09 Å². The third-order valence-electron chi connectivity index (χ3n) is 6.48. The van der Waals surface area contributed by atoms with Gasteiger partial charge in [0.2, 0.25) is 0 Å². The van der Waals surface area contributed by atoms with Crippen molar-refractivity contribution in [2.24, 2.45) is 13.0 Å². The molecule has 1 amide bonds. The fourth-order valence-corrected chi connectivity index (χ4v) is 4.89. The molecule has 2 saturated heterocycles. The maximum atomic E-state index is 13.3. The van der Waals surface area contributed by atoms with Crippen LogP contribution >= 0.6 is 0 Å². The Morgan fingerprint density at radius 2 is 1.77 bits per heavy atom. The number of benzene rings is 2. The summed E-state index contributed by atoms with van der Waals surface area (Å²) in [6.45, 7) is 1.13. The molecule has 0 spiro atoms. The monoisotopic (exact) mass is 418 g/mol. The van der Waals surface area contributed by atoms with Crippen molar-refractivity contribution < 1.29 is 19.1 Å². The average Bonchev–Trinajstić information content (AvgIpc) is 3.17. The molecule has 3 aromatic rings. The Morgan fingerprint density at radius 1 is 1.03 bits per heavy atom. The molecule has 2 atom stereocenters. The smallest absolute Gasteiger partial charge is 0.410 e. The third-order valence-corrected chi connectivity index (χ3v) is 6.48. The van der Waals surface area contributed by atoms with Crippen LogP contribution in [0.5, 0.6) is 0 Å². The highest BCUT2D eigenvalue weighted by Gasteiger charge is 2.44. The van der Waals surface area contributed by atoms with E-state index in [0.29, 0.717) is 26.1 Å². The van der Waals surface area contributed by atoms with Crippen LogP contribution in [0.4, 0.5) is 4.79 Å². The molecule has 5 rings (SSSR count). The molecular weight excluding hydrogens is 392 g/mol. The molecule has 2 fully saturated rings. The molecule has 2 unspecified atom stereocenters. The summed E-state index contributed by atoms with van der Waals surface area (Å²) < 4.78 is 13.3. The van der Waals surface area contributed by atoms with E-state index in [1.54, 1.807) is 4.90 Å². The van der Waals surface area contributed by atoms with E-state index >= 15 is 0 Å². The predicted octanol–water partition coefficient (Wildman–Crippen LogP) is 4.18. The molecule has 31 heavy (non-hydrogen) atoms. The molecule has 2 aliphatic heterocycles. The van der Waals surface area contributed by atoms with Crippen LogP contribution < -0.4 is 0 Å². The Labute approximate surface area is 181 Å². The number of nitrogens with zero attached hydrogens (tertiary/aromatic N) is 2. The topological polar surface area (TPSA) is 60.8 Å². The van der Waals surface area contributed by atoms with E-state index in [2.05, 4.69) is 0 Å². The summed E-state index contributed by atoms with van der Waals surface area (Å²) in [6, 6.07) is 17.3. The number of ketones is 1. The fourth-order valence-electron chi connectivity index (χ4n) is 4.89. The van der Waals surface area contributed by atoms with E-state index in [-0.39, 0.29) is 36.5 Å². The Kier molecular flexibility index (Phi) is 5.24. The maximum absolute atomic E-state index is 13.3. The number of Topliss-reactive ketones (excluding diaryl/α,β-unsaturated/α-hetero) is 1. The van der Waals surface area contributed by atoms with Gasteiger partial charge in [0.25, 0.3) is 0 Å². The van der Waals surface area contributed by atoms with Crippen LogP contribution in [0.15, 0.2) is 60.8 Å². The first kappa shape index (κ1) is 19.8. The molecule has 2 aromatic carbocycles. The Morgan fingerprint density at radius 3 is 2.52 bits per heavy atom. The Hall–Kier alpha value is -3.12. The molecule has 6 heteroatoms. The fraction of sp³-hybridized carbons (Fsp3) is 0.360. The van der Waals surface area contributed by atoms with E-state index in [9.17, 15) is 9.59 Å². The highest BCUT2D eigenvalue weighted by Crippen LogP contribution is 2.34. The number of amides is 1.